The van der Waals surface area contributed by atoms with Gasteiger partial charge in [0.25, 0.3) is 0 Å². The number of nitrogens with zero attached hydrogens (tertiary/aromatic N) is 4. The van der Waals surface area contributed by atoms with E-state index >= 15 is 0 Å². The van der Waals surface area contributed by atoms with Crippen molar-refractivity contribution < 1.29 is 9.53 Å². The van der Waals surface area contributed by atoms with E-state index in [0.29, 0.717) is 10.9 Å². The van der Waals surface area contributed by atoms with Crippen LogP contribution in [0.25, 0.3) is 0 Å². The molecule has 0 saturated heterocycles. The third kappa shape index (κ3) is 3.17. The molecule has 7 heteroatoms. The Balaban J connectivity index is 2.32. The monoisotopic (exact) mass is 214 g/mol. The lowest BCUT2D eigenvalue weighted by Gasteiger charge is -1.93. The van der Waals surface area contributed by atoms with Gasteiger partial charge in [-0.2, -0.15) is 0 Å². The summed E-state index contributed by atoms with van der Waals surface area (Å²) in [5, 5.41) is 11.6. The van der Waals surface area contributed by atoms with Crippen molar-refractivity contribution in [1.29, 1.82) is 0 Å². The molecule has 1 rings (SSSR count). The first-order valence-electron chi connectivity index (χ1n) is 3.83. The standard InChI is InChI=1S/C7H10N4O2S/c1-11-7(8-9-10-11)14-5-3-4-6(12)13-2/h3-4H,5H2,1-2H3. The van der Waals surface area contributed by atoms with Gasteiger partial charge in [0, 0.05) is 18.9 Å². The zero-order valence-electron chi connectivity index (χ0n) is 7.88. The van der Waals surface area contributed by atoms with Gasteiger partial charge in [-0.05, 0) is 10.4 Å². The van der Waals surface area contributed by atoms with Crippen molar-refractivity contribution in [2.24, 2.45) is 7.05 Å². The molecule has 1 aromatic rings. The lowest BCUT2D eigenvalue weighted by Crippen LogP contribution is -1.95. The largest absolute Gasteiger partial charge is 0.466 e. The lowest BCUT2D eigenvalue weighted by atomic mass is 10.5. The maximum Gasteiger partial charge on any atom is 0.330 e. The molecule has 0 unspecified atom stereocenters. The predicted octanol–water partition coefficient (Wildman–Crippen LogP) is 0.0314. The molecule has 0 aliphatic heterocycles. The first kappa shape index (κ1) is 10.7. The van der Waals surface area contributed by atoms with Crippen molar-refractivity contribution in [2.75, 3.05) is 12.9 Å². The minimum atomic E-state index is -0.360. The highest BCUT2D eigenvalue weighted by molar-refractivity contribution is 7.99. The molecular weight excluding hydrogens is 204 g/mol. The van der Waals surface area contributed by atoms with Gasteiger partial charge in [-0.25, -0.2) is 9.48 Å². The summed E-state index contributed by atoms with van der Waals surface area (Å²) in [5.41, 5.74) is 0. The minimum Gasteiger partial charge on any atom is -0.466 e. The number of ether oxygens (including phenoxy) is 1. The highest BCUT2D eigenvalue weighted by Crippen LogP contribution is 2.11. The Morgan fingerprint density at radius 1 is 1.71 bits per heavy atom. The number of aryl methyl sites for hydroxylation is 1. The fraction of sp³-hybridized carbons (Fsp3) is 0.429. The maximum atomic E-state index is 10.7. The second kappa shape index (κ2) is 5.38. The van der Waals surface area contributed by atoms with Crippen LogP contribution in [-0.4, -0.2) is 39.0 Å². The zero-order chi connectivity index (χ0) is 10.4. The summed E-state index contributed by atoms with van der Waals surface area (Å²) in [6, 6.07) is 0. The van der Waals surface area contributed by atoms with Crippen molar-refractivity contribution in [3.8, 4) is 0 Å². The molecule has 6 nitrogen and oxygen atoms in total. The highest BCUT2D eigenvalue weighted by Gasteiger charge is 2.00. The summed E-state index contributed by atoms with van der Waals surface area (Å²) in [7, 11) is 3.10. The van der Waals surface area contributed by atoms with E-state index in [1.807, 2.05) is 0 Å². The Hall–Kier alpha value is -1.37. The van der Waals surface area contributed by atoms with E-state index < -0.39 is 0 Å². The molecule has 0 N–H and O–H groups in total. The molecule has 0 aromatic carbocycles. The number of carbonyl (C=O) groups excluding carboxylic acids is 1. The molecule has 0 aliphatic rings. The van der Waals surface area contributed by atoms with Crippen LogP contribution in [0.4, 0.5) is 0 Å². The Bertz CT molecular complexity index is 336. The van der Waals surface area contributed by atoms with Gasteiger partial charge in [-0.3, -0.25) is 0 Å². The summed E-state index contributed by atoms with van der Waals surface area (Å²) in [4.78, 5) is 10.7. The maximum absolute atomic E-state index is 10.7. The van der Waals surface area contributed by atoms with E-state index in [9.17, 15) is 4.79 Å². The van der Waals surface area contributed by atoms with E-state index in [0.717, 1.165) is 0 Å². The van der Waals surface area contributed by atoms with Gasteiger partial charge in [0.1, 0.15) is 0 Å². The fourth-order valence-electron chi connectivity index (χ4n) is 0.679. The summed E-state index contributed by atoms with van der Waals surface area (Å²) < 4.78 is 6.00. The van der Waals surface area contributed by atoms with Crippen molar-refractivity contribution in [2.45, 2.75) is 5.16 Å². The molecule has 0 fully saturated rings. The molecule has 0 aliphatic carbocycles. The molecule has 76 valence electrons. The number of methoxy groups -OCH3 is 1. The third-order valence-electron chi connectivity index (χ3n) is 1.35. The quantitative estimate of drug-likeness (QED) is 0.400. The number of thioether (sulfide) groups is 1. The molecule has 0 saturated carbocycles. The van der Waals surface area contributed by atoms with E-state index in [1.54, 1.807) is 17.8 Å². The van der Waals surface area contributed by atoms with Crippen LogP contribution in [0, 0.1) is 0 Å². The number of aromatic nitrogens is 4. The van der Waals surface area contributed by atoms with Gasteiger partial charge in [0.15, 0.2) is 0 Å². The van der Waals surface area contributed by atoms with Crippen LogP contribution in [0.2, 0.25) is 0 Å². The minimum absolute atomic E-state index is 0.360. The molecule has 0 spiro atoms. The Morgan fingerprint density at radius 2 is 2.50 bits per heavy atom. The Kier molecular flexibility index (Phi) is 4.11. The van der Waals surface area contributed by atoms with Crippen LogP contribution in [0.15, 0.2) is 17.3 Å². The van der Waals surface area contributed by atoms with Crippen LogP contribution in [0.1, 0.15) is 0 Å². The van der Waals surface area contributed by atoms with E-state index in [1.165, 1.54) is 24.9 Å². The topological polar surface area (TPSA) is 69.9 Å². The van der Waals surface area contributed by atoms with Gasteiger partial charge in [0.05, 0.1) is 7.11 Å². The molecule has 1 aromatic heterocycles. The summed E-state index contributed by atoms with van der Waals surface area (Å²) in [5.74, 6) is 0.269. The van der Waals surface area contributed by atoms with Crippen molar-refractivity contribution >= 4 is 17.7 Å². The first-order valence-corrected chi connectivity index (χ1v) is 4.82. The smallest absolute Gasteiger partial charge is 0.330 e. The Labute approximate surface area is 85.3 Å². The van der Waals surface area contributed by atoms with Crippen molar-refractivity contribution in [1.82, 2.24) is 20.2 Å². The molecular formula is C7H10N4O2S. The number of tetrazole rings is 1. The SMILES string of the molecule is COC(=O)C=CCSc1nnnn1C. The van der Waals surface area contributed by atoms with Gasteiger partial charge >= 0.3 is 5.97 Å². The van der Waals surface area contributed by atoms with E-state index in [-0.39, 0.29) is 5.97 Å². The van der Waals surface area contributed by atoms with Crippen LogP contribution < -0.4 is 0 Å². The van der Waals surface area contributed by atoms with Crippen LogP contribution in [0.3, 0.4) is 0 Å². The van der Waals surface area contributed by atoms with Crippen LogP contribution in [-0.2, 0) is 16.6 Å². The number of carbonyl (C=O) groups is 1. The number of esters is 1. The lowest BCUT2D eigenvalue weighted by molar-refractivity contribution is -0.134. The summed E-state index contributed by atoms with van der Waals surface area (Å²) >= 11 is 1.44. The van der Waals surface area contributed by atoms with Gasteiger partial charge in [0.2, 0.25) is 5.16 Å². The molecule has 1 heterocycles. The molecule has 14 heavy (non-hydrogen) atoms. The molecule has 0 amide bonds. The molecule has 0 bridgehead atoms. The Morgan fingerprint density at radius 3 is 3.07 bits per heavy atom. The predicted molar refractivity (Wildman–Crippen MR) is 50.7 cm³/mol. The summed E-state index contributed by atoms with van der Waals surface area (Å²) in [6.07, 6.45) is 3.07. The fourth-order valence-corrected chi connectivity index (χ4v) is 1.34. The second-order valence-electron chi connectivity index (χ2n) is 2.32. The van der Waals surface area contributed by atoms with Gasteiger partial charge in [-0.15, -0.1) is 5.10 Å². The summed E-state index contributed by atoms with van der Waals surface area (Å²) in [6.45, 7) is 0. The highest BCUT2D eigenvalue weighted by atomic mass is 32.2. The van der Waals surface area contributed by atoms with Gasteiger partial charge < -0.3 is 4.74 Å². The van der Waals surface area contributed by atoms with Crippen LogP contribution >= 0.6 is 11.8 Å². The van der Waals surface area contributed by atoms with Crippen molar-refractivity contribution in [3.05, 3.63) is 12.2 Å². The average Bonchev–Trinajstić information content (AvgIpc) is 2.58. The van der Waals surface area contributed by atoms with Crippen LogP contribution in [0.5, 0.6) is 0 Å². The van der Waals surface area contributed by atoms with Crippen molar-refractivity contribution in [3.63, 3.8) is 0 Å². The first-order chi connectivity index (χ1) is 6.74. The molecule has 0 atom stereocenters. The van der Waals surface area contributed by atoms with Gasteiger partial charge in [-0.1, -0.05) is 17.8 Å². The normalized spacial score (nSPS) is 10.7. The second-order valence-corrected chi connectivity index (χ2v) is 3.31. The number of rotatable bonds is 4. The molecule has 0 radical (unpaired) electrons. The van der Waals surface area contributed by atoms with E-state index in [4.69, 9.17) is 0 Å². The average molecular weight is 214 g/mol. The zero-order valence-corrected chi connectivity index (χ0v) is 8.69. The third-order valence-corrected chi connectivity index (χ3v) is 2.31. The number of hydrogen-bond donors (Lipinski definition) is 0. The number of hydrogen-bond acceptors (Lipinski definition) is 6. The van der Waals surface area contributed by atoms with E-state index in [2.05, 4.69) is 20.3 Å².